The highest BCUT2D eigenvalue weighted by Gasteiger charge is 2.33. The van der Waals surface area contributed by atoms with Crippen molar-refractivity contribution in [2.24, 2.45) is 0 Å². The second kappa shape index (κ2) is 17.9. The maximum absolute atomic E-state index is 12.5. The number of carbonyl (C=O) groups is 2. The van der Waals surface area contributed by atoms with Gasteiger partial charge >= 0.3 is 0 Å². The van der Waals surface area contributed by atoms with Gasteiger partial charge in [-0.2, -0.15) is 0 Å². The van der Waals surface area contributed by atoms with E-state index in [-0.39, 0.29) is 37.2 Å². The number of nitrogens with zero attached hydrogens (tertiary/aromatic N) is 1. The molecule has 0 aromatic heterocycles. The molecule has 0 spiro atoms. The second-order valence-electron chi connectivity index (χ2n) is 12.7. The van der Waals surface area contributed by atoms with Crippen LogP contribution in [0.25, 0.3) is 11.1 Å². The fourth-order valence-corrected chi connectivity index (χ4v) is 6.18. The van der Waals surface area contributed by atoms with Crippen molar-refractivity contribution in [1.29, 1.82) is 0 Å². The van der Waals surface area contributed by atoms with Crippen LogP contribution in [-0.4, -0.2) is 46.7 Å². The van der Waals surface area contributed by atoms with Gasteiger partial charge in [0.25, 0.3) is 0 Å². The number of hydroxylamine groups is 1. The zero-order valence-electron chi connectivity index (χ0n) is 28.3. The number of benzene rings is 4. The zero-order chi connectivity index (χ0) is 34.6. The largest absolute Gasteiger partial charge is 0.392 e. The molecule has 2 amide bonds. The lowest BCUT2D eigenvalue weighted by Gasteiger charge is -2.39. The number of hydrogen-bond donors (Lipinski definition) is 4. The van der Waals surface area contributed by atoms with Gasteiger partial charge in [0.2, 0.25) is 11.8 Å². The van der Waals surface area contributed by atoms with Crippen LogP contribution in [0.5, 0.6) is 0 Å². The smallest absolute Gasteiger partial charge is 0.243 e. The summed E-state index contributed by atoms with van der Waals surface area (Å²) in [6.07, 6.45) is 1.48. The Kier molecular flexibility index (Phi) is 13.1. The molecule has 4 unspecified atom stereocenters. The maximum atomic E-state index is 12.5. The van der Waals surface area contributed by atoms with Gasteiger partial charge < -0.3 is 19.9 Å². The molecule has 0 bridgehead atoms. The number of hydrogen-bond acceptors (Lipinski definition) is 7. The normalized spacial score (nSPS) is 18.2. The van der Waals surface area contributed by atoms with Gasteiger partial charge in [0, 0.05) is 44.0 Å². The molecular formula is C40H47N3O6. The van der Waals surface area contributed by atoms with Gasteiger partial charge in [-0.15, -0.1) is 0 Å². The molecule has 1 aliphatic rings. The number of likely N-dealkylation sites (N-methyl/N-ethyl adjacent to an activating group) is 1. The van der Waals surface area contributed by atoms with Gasteiger partial charge in [0.15, 0.2) is 6.29 Å². The minimum Gasteiger partial charge on any atom is -0.392 e. The molecule has 0 radical (unpaired) electrons. The Hall–Kier alpha value is -4.38. The lowest BCUT2D eigenvalue weighted by molar-refractivity contribution is -0.253. The molecule has 9 nitrogen and oxygen atoms in total. The lowest BCUT2D eigenvalue weighted by atomic mass is 9.97. The Labute approximate surface area is 288 Å². The summed E-state index contributed by atoms with van der Waals surface area (Å²) in [5.74, 6) is -0.531. The topological polar surface area (TPSA) is 120 Å². The van der Waals surface area contributed by atoms with E-state index in [0.29, 0.717) is 32.2 Å². The highest BCUT2D eigenvalue weighted by atomic mass is 16.7. The van der Waals surface area contributed by atoms with Crippen molar-refractivity contribution in [2.75, 3.05) is 13.6 Å². The molecule has 4 aromatic rings. The van der Waals surface area contributed by atoms with E-state index in [1.165, 1.54) is 5.56 Å². The summed E-state index contributed by atoms with van der Waals surface area (Å²) < 4.78 is 13.2. The summed E-state index contributed by atoms with van der Waals surface area (Å²) in [7, 11) is 2.13. The van der Waals surface area contributed by atoms with E-state index < -0.39 is 12.2 Å². The van der Waals surface area contributed by atoms with E-state index in [9.17, 15) is 14.7 Å². The summed E-state index contributed by atoms with van der Waals surface area (Å²) >= 11 is 0. The predicted molar refractivity (Wildman–Crippen MR) is 188 cm³/mol. The Balaban J connectivity index is 1.27. The first-order valence-electron chi connectivity index (χ1n) is 17.0. The highest BCUT2D eigenvalue weighted by molar-refractivity contribution is 5.77. The quantitative estimate of drug-likeness (QED) is 0.0629. The standard InChI is InChI=1S/C40H47N3O6/c1-28(30-10-4-3-5-11-30)43(2)26-35-24-37(32-18-16-29(27-44)17-19-32)49-40(48-35)33-22-20-31(21-23-33)36-13-7-6-12-34(36)25-41-38(45)14-8-9-15-39(46)42-47/h3-7,10-13,16-23,28,35,37,40,44,47H,8-9,14-15,24-27H2,1-2H3,(H,41,45)(H,42,46). The van der Waals surface area contributed by atoms with Crippen LogP contribution >= 0.6 is 0 Å². The van der Waals surface area contributed by atoms with Crippen molar-refractivity contribution in [1.82, 2.24) is 15.7 Å². The minimum absolute atomic E-state index is 0.00241. The summed E-state index contributed by atoms with van der Waals surface area (Å²) in [4.78, 5) is 26.0. The number of unbranched alkanes of at least 4 members (excludes halogenated alkanes) is 1. The molecule has 1 fully saturated rings. The lowest BCUT2D eigenvalue weighted by Crippen LogP contribution is -2.38. The van der Waals surface area contributed by atoms with E-state index in [4.69, 9.17) is 14.7 Å². The number of rotatable bonds is 15. The average molecular weight is 666 g/mol. The number of carbonyl (C=O) groups excluding carboxylic acids is 2. The van der Waals surface area contributed by atoms with Crippen LogP contribution in [0.3, 0.4) is 0 Å². The second-order valence-corrected chi connectivity index (χ2v) is 12.7. The van der Waals surface area contributed by atoms with Crippen LogP contribution < -0.4 is 10.8 Å². The van der Waals surface area contributed by atoms with Gasteiger partial charge in [0.1, 0.15) is 0 Å². The Morgan fingerprint density at radius 3 is 2.18 bits per heavy atom. The van der Waals surface area contributed by atoms with Crippen LogP contribution in [0, 0.1) is 0 Å². The Morgan fingerprint density at radius 2 is 1.49 bits per heavy atom. The molecule has 1 heterocycles. The Morgan fingerprint density at radius 1 is 0.837 bits per heavy atom. The molecule has 4 aromatic carbocycles. The van der Waals surface area contributed by atoms with Gasteiger partial charge in [0.05, 0.1) is 18.8 Å². The van der Waals surface area contributed by atoms with E-state index in [1.54, 1.807) is 5.48 Å². The first kappa shape index (κ1) is 35.9. The molecule has 4 atom stereocenters. The van der Waals surface area contributed by atoms with Crippen molar-refractivity contribution in [3.05, 3.63) is 131 Å². The summed E-state index contributed by atoms with van der Waals surface area (Å²) in [5, 5.41) is 21.2. The van der Waals surface area contributed by atoms with Crippen LogP contribution in [-0.2, 0) is 32.2 Å². The molecular weight excluding hydrogens is 618 g/mol. The van der Waals surface area contributed by atoms with Crippen LogP contribution in [0.4, 0.5) is 0 Å². The van der Waals surface area contributed by atoms with Crippen molar-refractivity contribution >= 4 is 11.8 Å². The molecule has 4 N–H and O–H groups in total. The van der Waals surface area contributed by atoms with Crippen LogP contribution in [0.1, 0.15) is 85.3 Å². The van der Waals surface area contributed by atoms with E-state index in [0.717, 1.165) is 39.9 Å². The minimum atomic E-state index is -0.561. The van der Waals surface area contributed by atoms with Gasteiger partial charge in [-0.05, 0) is 60.2 Å². The van der Waals surface area contributed by atoms with Crippen LogP contribution in [0.15, 0.2) is 103 Å². The van der Waals surface area contributed by atoms with Crippen molar-refractivity contribution < 1.29 is 29.4 Å². The molecule has 49 heavy (non-hydrogen) atoms. The van der Waals surface area contributed by atoms with Crippen molar-refractivity contribution in [3.63, 3.8) is 0 Å². The van der Waals surface area contributed by atoms with Gasteiger partial charge in [-0.25, -0.2) is 5.48 Å². The third-order valence-corrected chi connectivity index (χ3v) is 9.22. The van der Waals surface area contributed by atoms with E-state index >= 15 is 0 Å². The number of aliphatic hydroxyl groups is 1. The number of amides is 2. The zero-order valence-corrected chi connectivity index (χ0v) is 28.3. The molecule has 9 heteroatoms. The van der Waals surface area contributed by atoms with Gasteiger partial charge in [-0.1, -0.05) is 103 Å². The number of aliphatic hydroxyl groups excluding tert-OH is 1. The van der Waals surface area contributed by atoms with Gasteiger partial charge in [-0.3, -0.25) is 19.7 Å². The monoisotopic (exact) mass is 665 g/mol. The molecule has 258 valence electrons. The molecule has 1 saturated heterocycles. The van der Waals surface area contributed by atoms with E-state index in [1.807, 2.05) is 66.7 Å². The fourth-order valence-electron chi connectivity index (χ4n) is 6.18. The summed E-state index contributed by atoms with van der Waals surface area (Å²) in [6.45, 7) is 3.32. The maximum Gasteiger partial charge on any atom is 0.243 e. The molecule has 0 aliphatic carbocycles. The first-order valence-corrected chi connectivity index (χ1v) is 17.0. The highest BCUT2D eigenvalue weighted by Crippen LogP contribution is 2.39. The van der Waals surface area contributed by atoms with E-state index in [2.05, 4.69) is 60.6 Å². The third kappa shape index (κ3) is 10.1. The molecule has 5 rings (SSSR count). The molecule has 1 aliphatic heterocycles. The van der Waals surface area contributed by atoms with Crippen molar-refractivity contribution in [3.8, 4) is 11.1 Å². The number of nitrogens with one attached hydrogen (secondary N) is 2. The first-order chi connectivity index (χ1) is 23.8. The summed E-state index contributed by atoms with van der Waals surface area (Å²) in [5.41, 5.74) is 8.74. The van der Waals surface area contributed by atoms with Crippen LogP contribution in [0.2, 0.25) is 0 Å². The molecule has 0 saturated carbocycles. The average Bonchev–Trinajstić information content (AvgIpc) is 3.15. The summed E-state index contributed by atoms with van der Waals surface area (Å²) in [6, 6.07) is 34.8. The fraction of sp³-hybridized carbons (Fsp3) is 0.350. The predicted octanol–water partition coefficient (Wildman–Crippen LogP) is 6.77. The third-order valence-electron chi connectivity index (χ3n) is 9.22. The number of ether oxygens (including phenoxy) is 2. The van der Waals surface area contributed by atoms with Crippen molar-refractivity contribution in [2.45, 2.75) is 76.7 Å². The SMILES string of the molecule is CC(c1ccccc1)N(C)CC1CC(c2ccc(CO)cc2)OC(c2ccc(-c3ccccc3CNC(=O)CCCCC(=O)NO)cc2)O1. The Bertz CT molecular complexity index is 1630.